The summed E-state index contributed by atoms with van der Waals surface area (Å²) in [5.74, 6) is 1.02. The molecule has 1 amide bonds. The maximum absolute atomic E-state index is 12.6. The molecule has 0 radical (unpaired) electrons. The van der Waals surface area contributed by atoms with Crippen molar-refractivity contribution in [3.8, 4) is 0 Å². The number of nitrogens with two attached hydrogens (primary N) is 1. The first-order chi connectivity index (χ1) is 11.9. The van der Waals surface area contributed by atoms with Crippen LogP contribution < -0.4 is 15.8 Å². The largest absolute Gasteiger partial charge is 0.352 e. The minimum absolute atomic E-state index is 0. The van der Waals surface area contributed by atoms with Crippen LogP contribution in [0, 0.1) is 17.8 Å². The lowest BCUT2D eigenvalue weighted by molar-refractivity contribution is -0.128. The highest BCUT2D eigenvalue weighted by molar-refractivity contribution is 7.89. The predicted octanol–water partition coefficient (Wildman–Crippen LogP) is 1.79. The van der Waals surface area contributed by atoms with Crippen molar-refractivity contribution >= 4 is 28.3 Å². The van der Waals surface area contributed by atoms with Gasteiger partial charge in [0.2, 0.25) is 15.9 Å². The van der Waals surface area contributed by atoms with E-state index in [1.54, 1.807) is 18.2 Å². The third-order valence-electron chi connectivity index (χ3n) is 5.73. The van der Waals surface area contributed by atoms with Crippen molar-refractivity contribution < 1.29 is 13.2 Å². The van der Waals surface area contributed by atoms with Crippen LogP contribution in [-0.4, -0.2) is 27.4 Å². The van der Waals surface area contributed by atoms with E-state index in [0.717, 1.165) is 31.2 Å². The number of benzene rings is 1. The molecule has 0 aromatic heterocycles. The summed E-state index contributed by atoms with van der Waals surface area (Å²) in [5, 5.41) is 2.97. The van der Waals surface area contributed by atoms with Gasteiger partial charge in [-0.05, 0) is 62.3 Å². The number of rotatable bonds is 5. The minimum atomic E-state index is -3.47. The van der Waals surface area contributed by atoms with Crippen LogP contribution in [-0.2, 0) is 21.4 Å². The zero-order valence-electron chi connectivity index (χ0n) is 15.0. The van der Waals surface area contributed by atoms with Crippen molar-refractivity contribution in [1.29, 1.82) is 0 Å². The standard InChI is InChI=1S/C18H27N3O3S.ClH/c1-20-25(23,24)16-7-2-4-12(8-16)11-21-18(22)15-9-13-5-3-6-14(10-15)17(13)19;/h2,4,7-8,13-15,17,20H,3,5-6,9-11,19H2,1H3,(H,21,22);1H. The Kier molecular flexibility index (Phi) is 7.07. The molecule has 0 spiro atoms. The molecule has 2 unspecified atom stereocenters. The summed E-state index contributed by atoms with van der Waals surface area (Å²) >= 11 is 0. The normalized spacial score (nSPS) is 28.1. The van der Waals surface area contributed by atoms with E-state index in [9.17, 15) is 13.2 Å². The van der Waals surface area contributed by atoms with E-state index in [1.165, 1.54) is 13.5 Å². The van der Waals surface area contributed by atoms with Gasteiger partial charge in [-0.15, -0.1) is 12.4 Å². The summed E-state index contributed by atoms with van der Waals surface area (Å²) < 4.78 is 26.0. The molecular formula is C18H28ClN3O3S. The van der Waals surface area contributed by atoms with Gasteiger partial charge in [-0.2, -0.15) is 0 Å². The summed E-state index contributed by atoms with van der Waals surface area (Å²) in [4.78, 5) is 12.8. The average Bonchev–Trinajstić information content (AvgIpc) is 2.59. The number of nitrogens with one attached hydrogen (secondary N) is 2. The van der Waals surface area contributed by atoms with Crippen LogP contribution in [0.3, 0.4) is 0 Å². The second-order valence-electron chi connectivity index (χ2n) is 7.27. The lowest BCUT2D eigenvalue weighted by Gasteiger charge is -2.43. The molecule has 0 saturated heterocycles. The van der Waals surface area contributed by atoms with Crippen molar-refractivity contribution in [1.82, 2.24) is 10.0 Å². The van der Waals surface area contributed by atoms with Crippen molar-refractivity contribution in [3.63, 3.8) is 0 Å². The molecule has 2 bridgehead atoms. The SMILES string of the molecule is CNS(=O)(=O)c1cccc(CNC(=O)C2CC3CCCC(C2)C3N)c1.Cl. The molecule has 26 heavy (non-hydrogen) atoms. The van der Waals surface area contributed by atoms with Gasteiger partial charge in [-0.1, -0.05) is 18.6 Å². The zero-order chi connectivity index (χ0) is 18.0. The molecule has 4 N–H and O–H groups in total. The van der Waals surface area contributed by atoms with Crippen LogP contribution in [0.4, 0.5) is 0 Å². The molecule has 2 atom stereocenters. The number of carbonyl (C=O) groups is 1. The second-order valence-corrected chi connectivity index (χ2v) is 9.16. The molecule has 2 aliphatic carbocycles. The van der Waals surface area contributed by atoms with Crippen LogP contribution in [0.2, 0.25) is 0 Å². The van der Waals surface area contributed by atoms with Gasteiger partial charge in [0.1, 0.15) is 0 Å². The lowest BCUT2D eigenvalue weighted by Crippen LogP contribution is -2.49. The van der Waals surface area contributed by atoms with E-state index in [0.29, 0.717) is 18.4 Å². The highest BCUT2D eigenvalue weighted by Crippen LogP contribution is 2.41. The van der Waals surface area contributed by atoms with Gasteiger partial charge in [0.05, 0.1) is 4.90 Å². The number of hydrogen-bond acceptors (Lipinski definition) is 4. The molecule has 2 fully saturated rings. The second kappa shape index (κ2) is 8.69. The third kappa shape index (κ3) is 4.57. The Balaban J connectivity index is 0.00000243. The molecule has 0 heterocycles. The fourth-order valence-electron chi connectivity index (χ4n) is 4.28. The number of amides is 1. The van der Waals surface area contributed by atoms with Gasteiger partial charge in [0.15, 0.2) is 0 Å². The van der Waals surface area contributed by atoms with Gasteiger partial charge < -0.3 is 11.1 Å². The number of hydrogen-bond donors (Lipinski definition) is 3. The fraction of sp³-hybridized carbons (Fsp3) is 0.611. The first kappa shape index (κ1) is 21.2. The third-order valence-corrected chi connectivity index (χ3v) is 7.14. The zero-order valence-corrected chi connectivity index (χ0v) is 16.6. The van der Waals surface area contributed by atoms with Crippen molar-refractivity contribution in [2.75, 3.05) is 7.05 Å². The number of halogens is 1. The first-order valence-electron chi connectivity index (χ1n) is 8.96. The van der Waals surface area contributed by atoms with E-state index in [2.05, 4.69) is 10.0 Å². The molecule has 8 heteroatoms. The molecule has 1 aromatic rings. The highest BCUT2D eigenvalue weighted by Gasteiger charge is 2.40. The van der Waals surface area contributed by atoms with E-state index in [-0.39, 0.29) is 35.2 Å². The topological polar surface area (TPSA) is 101 Å². The summed E-state index contributed by atoms with van der Waals surface area (Å²) in [5.41, 5.74) is 7.06. The van der Waals surface area contributed by atoms with Crippen LogP contribution in [0.5, 0.6) is 0 Å². The van der Waals surface area contributed by atoms with E-state index >= 15 is 0 Å². The smallest absolute Gasteiger partial charge is 0.240 e. The quantitative estimate of drug-likeness (QED) is 0.699. The highest BCUT2D eigenvalue weighted by atomic mass is 35.5. The van der Waals surface area contributed by atoms with E-state index in [4.69, 9.17) is 5.73 Å². The van der Waals surface area contributed by atoms with Crippen LogP contribution in [0.1, 0.15) is 37.7 Å². The van der Waals surface area contributed by atoms with Crippen LogP contribution in [0.25, 0.3) is 0 Å². The van der Waals surface area contributed by atoms with Gasteiger partial charge >= 0.3 is 0 Å². The molecule has 146 valence electrons. The molecule has 1 aromatic carbocycles. The summed E-state index contributed by atoms with van der Waals surface area (Å²) in [6, 6.07) is 6.90. The Morgan fingerprint density at radius 1 is 1.23 bits per heavy atom. The lowest BCUT2D eigenvalue weighted by atomic mass is 9.65. The maximum Gasteiger partial charge on any atom is 0.240 e. The van der Waals surface area contributed by atoms with E-state index in [1.807, 2.05) is 6.07 Å². The van der Waals surface area contributed by atoms with Gasteiger partial charge in [-0.3, -0.25) is 4.79 Å². The van der Waals surface area contributed by atoms with Crippen molar-refractivity contribution in [3.05, 3.63) is 29.8 Å². The maximum atomic E-state index is 12.6. The average molecular weight is 402 g/mol. The molecule has 0 aliphatic heterocycles. The van der Waals surface area contributed by atoms with Crippen LogP contribution in [0.15, 0.2) is 29.2 Å². The molecular weight excluding hydrogens is 374 g/mol. The molecule has 3 rings (SSSR count). The predicted molar refractivity (Wildman–Crippen MR) is 103 cm³/mol. The Bertz CT molecular complexity index is 727. The van der Waals surface area contributed by atoms with Gasteiger partial charge in [0.25, 0.3) is 0 Å². The molecule has 6 nitrogen and oxygen atoms in total. The minimum Gasteiger partial charge on any atom is -0.352 e. The summed E-state index contributed by atoms with van der Waals surface area (Å²) in [6.45, 7) is 0.337. The summed E-state index contributed by atoms with van der Waals surface area (Å²) in [7, 11) is -2.09. The Morgan fingerprint density at radius 3 is 2.50 bits per heavy atom. The summed E-state index contributed by atoms with van der Waals surface area (Å²) in [6.07, 6.45) is 5.23. The Morgan fingerprint density at radius 2 is 1.88 bits per heavy atom. The van der Waals surface area contributed by atoms with Crippen molar-refractivity contribution in [2.45, 2.75) is 49.6 Å². The van der Waals surface area contributed by atoms with Gasteiger partial charge in [-0.25, -0.2) is 13.1 Å². The Labute approximate surface area is 161 Å². The van der Waals surface area contributed by atoms with Crippen LogP contribution >= 0.6 is 12.4 Å². The van der Waals surface area contributed by atoms with Crippen molar-refractivity contribution in [2.24, 2.45) is 23.5 Å². The van der Waals surface area contributed by atoms with Gasteiger partial charge in [0, 0.05) is 18.5 Å². The fourth-order valence-corrected chi connectivity index (χ4v) is 5.08. The number of sulfonamides is 1. The molecule has 2 aliphatic rings. The Hall–Kier alpha value is -1.15. The number of carbonyl (C=O) groups excluding carboxylic acids is 1. The molecule has 2 saturated carbocycles. The van der Waals surface area contributed by atoms with E-state index < -0.39 is 10.0 Å². The monoisotopic (exact) mass is 401 g/mol. The number of fused-ring (bicyclic) bond motifs is 2. The first-order valence-corrected chi connectivity index (χ1v) is 10.4.